The van der Waals surface area contributed by atoms with Gasteiger partial charge in [-0.2, -0.15) is 0 Å². The number of nitrogens with zero attached hydrogens (tertiary/aromatic N) is 1. The van der Waals surface area contributed by atoms with Crippen molar-refractivity contribution in [2.45, 2.75) is 52.2 Å². The molecule has 1 aliphatic rings. The molecule has 0 unspecified atom stereocenters. The first-order chi connectivity index (χ1) is 8.92. The van der Waals surface area contributed by atoms with Crippen LogP contribution < -0.4 is 0 Å². The third-order valence-electron chi connectivity index (χ3n) is 2.63. The van der Waals surface area contributed by atoms with E-state index < -0.39 is 5.60 Å². The zero-order valence-corrected chi connectivity index (χ0v) is 12.6. The Balaban J connectivity index is 1.99. The topological polar surface area (TPSA) is 48.0 Å². The molecule has 1 amide bonds. The van der Waals surface area contributed by atoms with E-state index >= 15 is 0 Å². The third-order valence-corrected chi connectivity index (χ3v) is 2.63. The fourth-order valence-electron chi connectivity index (χ4n) is 1.68. The number of carbonyl (C=O) groups excluding carboxylic acids is 1. The van der Waals surface area contributed by atoms with Crippen molar-refractivity contribution in [1.29, 1.82) is 0 Å². The van der Waals surface area contributed by atoms with Crippen molar-refractivity contribution in [2.24, 2.45) is 0 Å². The van der Waals surface area contributed by atoms with Gasteiger partial charge in [-0.1, -0.05) is 6.92 Å². The van der Waals surface area contributed by atoms with Gasteiger partial charge in [-0.25, -0.2) is 4.79 Å². The normalized spacial score (nSPS) is 16.3. The Labute approximate surface area is 116 Å². The highest BCUT2D eigenvalue weighted by atomic mass is 16.6. The van der Waals surface area contributed by atoms with Crippen molar-refractivity contribution >= 4 is 6.09 Å². The van der Waals surface area contributed by atoms with Crippen LogP contribution in [0, 0.1) is 0 Å². The van der Waals surface area contributed by atoms with Crippen molar-refractivity contribution < 1.29 is 19.0 Å². The summed E-state index contributed by atoms with van der Waals surface area (Å²) < 4.78 is 16.3. The zero-order chi connectivity index (χ0) is 14.3. The standard InChI is InChI=1S/C14H27NO4/c1-5-7-17-8-6-9-18-12-10-15(11-12)13(16)19-14(2,3)4/h12H,5-11H2,1-4H3. The molecule has 1 saturated heterocycles. The third kappa shape index (κ3) is 6.78. The van der Waals surface area contributed by atoms with Gasteiger partial charge in [0.05, 0.1) is 19.2 Å². The molecule has 0 bridgehead atoms. The molecule has 0 aromatic heterocycles. The van der Waals surface area contributed by atoms with E-state index in [1.807, 2.05) is 20.8 Å². The lowest BCUT2D eigenvalue weighted by Crippen LogP contribution is -2.56. The fraction of sp³-hybridized carbons (Fsp3) is 0.929. The van der Waals surface area contributed by atoms with Crippen LogP contribution in [0.1, 0.15) is 40.5 Å². The highest BCUT2D eigenvalue weighted by Crippen LogP contribution is 2.17. The van der Waals surface area contributed by atoms with Gasteiger partial charge in [-0.3, -0.25) is 0 Å². The molecule has 0 N–H and O–H groups in total. The highest BCUT2D eigenvalue weighted by Gasteiger charge is 2.34. The van der Waals surface area contributed by atoms with E-state index in [1.54, 1.807) is 4.90 Å². The zero-order valence-electron chi connectivity index (χ0n) is 12.6. The van der Waals surface area contributed by atoms with E-state index in [4.69, 9.17) is 14.2 Å². The second-order valence-electron chi connectivity index (χ2n) is 5.84. The second kappa shape index (κ2) is 7.70. The molecule has 1 heterocycles. The van der Waals surface area contributed by atoms with Crippen LogP contribution >= 0.6 is 0 Å². The monoisotopic (exact) mass is 273 g/mol. The minimum atomic E-state index is -0.431. The van der Waals surface area contributed by atoms with Crippen LogP contribution in [0.5, 0.6) is 0 Å². The highest BCUT2D eigenvalue weighted by molar-refractivity contribution is 5.69. The molecule has 0 saturated carbocycles. The molecule has 0 aliphatic carbocycles. The average Bonchev–Trinajstić information content (AvgIpc) is 2.22. The molecule has 19 heavy (non-hydrogen) atoms. The van der Waals surface area contributed by atoms with Crippen molar-refractivity contribution in [3.05, 3.63) is 0 Å². The Morgan fingerprint density at radius 2 is 1.89 bits per heavy atom. The summed E-state index contributed by atoms with van der Waals surface area (Å²) in [5.74, 6) is 0. The number of carbonyl (C=O) groups is 1. The number of likely N-dealkylation sites (tertiary alicyclic amines) is 1. The molecule has 112 valence electrons. The van der Waals surface area contributed by atoms with E-state index in [2.05, 4.69) is 6.92 Å². The van der Waals surface area contributed by atoms with Gasteiger partial charge >= 0.3 is 6.09 Å². The quantitative estimate of drug-likeness (QED) is 0.668. The molecular weight excluding hydrogens is 246 g/mol. The molecule has 0 atom stereocenters. The molecule has 0 radical (unpaired) electrons. The van der Waals surface area contributed by atoms with Crippen LogP contribution in [0.3, 0.4) is 0 Å². The maximum Gasteiger partial charge on any atom is 0.410 e. The summed E-state index contributed by atoms with van der Waals surface area (Å²) in [6, 6.07) is 0. The summed E-state index contributed by atoms with van der Waals surface area (Å²) in [5, 5.41) is 0. The maximum atomic E-state index is 11.7. The summed E-state index contributed by atoms with van der Waals surface area (Å²) in [7, 11) is 0. The molecule has 0 aromatic carbocycles. The van der Waals surface area contributed by atoms with Gasteiger partial charge in [0.1, 0.15) is 5.60 Å². The van der Waals surface area contributed by atoms with Gasteiger partial charge in [0.25, 0.3) is 0 Å². The number of hydrogen-bond donors (Lipinski definition) is 0. The Bertz CT molecular complexity index is 269. The van der Waals surface area contributed by atoms with Crippen molar-refractivity contribution in [1.82, 2.24) is 4.90 Å². The summed E-state index contributed by atoms with van der Waals surface area (Å²) in [6.07, 6.45) is 1.86. The number of hydrogen-bond acceptors (Lipinski definition) is 4. The smallest absolute Gasteiger partial charge is 0.410 e. The van der Waals surface area contributed by atoms with Crippen LogP contribution in [0.25, 0.3) is 0 Å². The molecule has 1 fully saturated rings. The van der Waals surface area contributed by atoms with Gasteiger partial charge in [0.15, 0.2) is 0 Å². The lowest BCUT2D eigenvalue weighted by atomic mass is 10.2. The van der Waals surface area contributed by atoms with Crippen LogP contribution in [-0.2, 0) is 14.2 Å². The van der Waals surface area contributed by atoms with E-state index in [1.165, 1.54) is 0 Å². The van der Waals surface area contributed by atoms with Crippen LogP contribution in [0.4, 0.5) is 4.79 Å². The minimum Gasteiger partial charge on any atom is -0.444 e. The Kier molecular flexibility index (Phi) is 6.58. The molecular formula is C14H27NO4. The summed E-state index contributed by atoms with van der Waals surface area (Å²) in [4.78, 5) is 13.3. The number of ether oxygens (including phenoxy) is 3. The van der Waals surface area contributed by atoms with Crippen molar-refractivity contribution in [3.63, 3.8) is 0 Å². The first-order valence-electron chi connectivity index (χ1n) is 7.09. The first kappa shape index (κ1) is 16.2. The molecule has 5 nitrogen and oxygen atoms in total. The van der Waals surface area contributed by atoms with Crippen molar-refractivity contribution in [3.8, 4) is 0 Å². The maximum absolute atomic E-state index is 11.7. The Morgan fingerprint density at radius 1 is 1.21 bits per heavy atom. The fourth-order valence-corrected chi connectivity index (χ4v) is 1.68. The van der Waals surface area contributed by atoms with Crippen LogP contribution in [-0.4, -0.2) is 55.6 Å². The van der Waals surface area contributed by atoms with Gasteiger partial charge in [-0.05, 0) is 33.6 Å². The first-order valence-corrected chi connectivity index (χ1v) is 7.09. The van der Waals surface area contributed by atoms with Crippen LogP contribution in [0.2, 0.25) is 0 Å². The minimum absolute atomic E-state index is 0.152. The summed E-state index contributed by atoms with van der Waals surface area (Å²) in [6.45, 7) is 11.2. The van der Waals surface area contributed by atoms with E-state index in [9.17, 15) is 4.79 Å². The second-order valence-corrected chi connectivity index (χ2v) is 5.84. The Hall–Kier alpha value is -0.810. The largest absolute Gasteiger partial charge is 0.444 e. The SMILES string of the molecule is CCCOCCCOC1CN(C(=O)OC(C)(C)C)C1. The number of rotatable bonds is 7. The predicted molar refractivity (Wildman–Crippen MR) is 73.3 cm³/mol. The van der Waals surface area contributed by atoms with E-state index in [-0.39, 0.29) is 12.2 Å². The molecule has 0 aromatic rings. The molecule has 1 rings (SSSR count). The molecule has 1 aliphatic heterocycles. The van der Waals surface area contributed by atoms with Gasteiger partial charge in [0, 0.05) is 19.8 Å². The van der Waals surface area contributed by atoms with Gasteiger partial charge in [-0.15, -0.1) is 0 Å². The lowest BCUT2D eigenvalue weighted by molar-refractivity contribution is -0.0664. The summed E-state index contributed by atoms with van der Waals surface area (Å²) in [5.41, 5.74) is -0.431. The van der Waals surface area contributed by atoms with E-state index in [0.29, 0.717) is 19.7 Å². The van der Waals surface area contributed by atoms with Crippen LogP contribution in [0.15, 0.2) is 0 Å². The molecule has 5 heteroatoms. The van der Waals surface area contributed by atoms with Gasteiger partial charge in [0.2, 0.25) is 0 Å². The van der Waals surface area contributed by atoms with Crippen molar-refractivity contribution in [2.75, 3.05) is 32.9 Å². The Morgan fingerprint density at radius 3 is 2.47 bits per heavy atom. The lowest BCUT2D eigenvalue weighted by Gasteiger charge is -2.39. The van der Waals surface area contributed by atoms with Gasteiger partial charge < -0.3 is 19.1 Å². The average molecular weight is 273 g/mol. The molecule has 0 spiro atoms. The van der Waals surface area contributed by atoms with E-state index in [0.717, 1.165) is 26.1 Å². The summed E-state index contributed by atoms with van der Waals surface area (Å²) >= 11 is 0. The number of amides is 1. The predicted octanol–water partition coefficient (Wildman–Crippen LogP) is 2.44.